The minimum absolute atomic E-state index is 0.155. The minimum atomic E-state index is -0.540. The largest absolute Gasteiger partial charge is 0.347 e. The fraction of sp³-hybridized carbons (Fsp3) is 0.263. The van der Waals surface area contributed by atoms with Crippen LogP contribution in [0.15, 0.2) is 42.5 Å². The number of benzene rings is 2. The standard InChI is InChI=1S/C19H20ClFN2O2/c1-19(2,3)23-18(25)14-6-4-5-7-16(14)22-17(24)10-12-8-9-13(20)11-15(12)21/h4-9,11H,10H2,1-3H3,(H,22,24)(H,23,25). The Morgan fingerprint density at radius 1 is 1.12 bits per heavy atom. The normalized spacial score (nSPS) is 11.1. The van der Waals surface area contributed by atoms with Crippen LogP contribution in [-0.2, 0) is 11.2 Å². The van der Waals surface area contributed by atoms with Crippen LogP contribution in [0.2, 0.25) is 5.02 Å². The average molecular weight is 363 g/mol. The summed E-state index contributed by atoms with van der Waals surface area (Å²) >= 11 is 5.71. The summed E-state index contributed by atoms with van der Waals surface area (Å²) in [7, 11) is 0. The summed E-state index contributed by atoms with van der Waals surface area (Å²) in [5, 5.41) is 5.79. The Hall–Kier alpha value is -2.40. The molecule has 0 atom stereocenters. The molecular formula is C19H20ClFN2O2. The first kappa shape index (κ1) is 18.9. The van der Waals surface area contributed by atoms with E-state index in [-0.39, 0.29) is 22.9 Å². The van der Waals surface area contributed by atoms with Crippen LogP contribution < -0.4 is 10.6 Å². The van der Waals surface area contributed by atoms with E-state index in [4.69, 9.17) is 11.6 Å². The molecule has 25 heavy (non-hydrogen) atoms. The van der Waals surface area contributed by atoms with E-state index < -0.39 is 17.3 Å². The molecule has 0 aliphatic rings. The molecule has 0 heterocycles. The maximum atomic E-state index is 13.8. The number of amides is 2. The third-order valence-electron chi connectivity index (χ3n) is 3.30. The van der Waals surface area contributed by atoms with Crippen molar-refractivity contribution >= 4 is 29.1 Å². The molecule has 0 radical (unpaired) electrons. The van der Waals surface area contributed by atoms with Gasteiger partial charge in [-0.3, -0.25) is 9.59 Å². The summed E-state index contributed by atoms with van der Waals surface area (Å²) in [4.78, 5) is 24.6. The van der Waals surface area contributed by atoms with E-state index in [1.165, 1.54) is 12.1 Å². The van der Waals surface area contributed by atoms with Crippen LogP contribution in [0.1, 0.15) is 36.7 Å². The molecular weight excluding hydrogens is 343 g/mol. The smallest absolute Gasteiger partial charge is 0.253 e. The van der Waals surface area contributed by atoms with Crippen LogP contribution in [0, 0.1) is 5.82 Å². The van der Waals surface area contributed by atoms with Crippen LogP contribution >= 0.6 is 11.6 Å². The van der Waals surface area contributed by atoms with E-state index in [0.29, 0.717) is 11.3 Å². The van der Waals surface area contributed by atoms with Gasteiger partial charge < -0.3 is 10.6 Å². The third kappa shape index (κ3) is 5.57. The lowest BCUT2D eigenvalue weighted by Crippen LogP contribution is -2.40. The van der Waals surface area contributed by atoms with Crippen LogP contribution in [0.5, 0.6) is 0 Å². The number of hydrogen-bond donors (Lipinski definition) is 2. The highest BCUT2D eigenvalue weighted by Crippen LogP contribution is 2.18. The van der Waals surface area contributed by atoms with Crippen LogP contribution in [0.25, 0.3) is 0 Å². The molecule has 0 saturated heterocycles. The fourth-order valence-electron chi connectivity index (χ4n) is 2.23. The number of anilines is 1. The number of carbonyl (C=O) groups is 2. The van der Waals surface area contributed by atoms with Gasteiger partial charge in [-0.15, -0.1) is 0 Å². The van der Waals surface area contributed by atoms with Crippen molar-refractivity contribution in [2.24, 2.45) is 0 Å². The van der Waals surface area contributed by atoms with Gasteiger partial charge in [0.2, 0.25) is 5.91 Å². The zero-order chi connectivity index (χ0) is 18.6. The van der Waals surface area contributed by atoms with Gasteiger partial charge in [-0.25, -0.2) is 4.39 Å². The van der Waals surface area contributed by atoms with Crippen LogP contribution in [-0.4, -0.2) is 17.4 Å². The molecule has 132 valence electrons. The molecule has 0 bridgehead atoms. The molecule has 2 amide bonds. The van der Waals surface area contributed by atoms with Crippen molar-refractivity contribution in [3.63, 3.8) is 0 Å². The lowest BCUT2D eigenvalue weighted by molar-refractivity contribution is -0.115. The predicted octanol–water partition coefficient (Wildman–Crippen LogP) is 4.19. The molecule has 0 aliphatic carbocycles. The Morgan fingerprint density at radius 2 is 1.80 bits per heavy atom. The summed E-state index contributed by atoms with van der Waals surface area (Å²) in [6, 6.07) is 10.8. The van der Waals surface area contributed by atoms with Gasteiger partial charge >= 0.3 is 0 Å². The molecule has 0 aromatic heterocycles. The highest BCUT2D eigenvalue weighted by atomic mass is 35.5. The first-order valence-corrected chi connectivity index (χ1v) is 8.19. The monoisotopic (exact) mass is 362 g/mol. The number of carbonyl (C=O) groups excluding carboxylic acids is 2. The van der Waals surface area contributed by atoms with E-state index in [9.17, 15) is 14.0 Å². The van der Waals surface area contributed by atoms with Gasteiger partial charge in [0, 0.05) is 10.6 Å². The molecule has 0 spiro atoms. The summed E-state index contributed by atoms with van der Waals surface area (Å²) in [6.07, 6.45) is -0.155. The highest BCUT2D eigenvalue weighted by molar-refractivity contribution is 6.30. The summed E-state index contributed by atoms with van der Waals surface area (Å²) < 4.78 is 13.8. The van der Waals surface area contributed by atoms with Crippen molar-refractivity contribution in [1.82, 2.24) is 5.32 Å². The van der Waals surface area contributed by atoms with Crippen molar-refractivity contribution in [3.05, 3.63) is 64.4 Å². The van der Waals surface area contributed by atoms with Crippen molar-refractivity contribution < 1.29 is 14.0 Å². The van der Waals surface area contributed by atoms with Crippen molar-refractivity contribution in [3.8, 4) is 0 Å². The van der Waals surface area contributed by atoms with E-state index in [1.807, 2.05) is 20.8 Å². The maximum absolute atomic E-state index is 13.8. The molecule has 2 aromatic carbocycles. The molecule has 6 heteroatoms. The highest BCUT2D eigenvalue weighted by Gasteiger charge is 2.19. The number of nitrogens with one attached hydrogen (secondary N) is 2. The Balaban J connectivity index is 2.14. The van der Waals surface area contributed by atoms with E-state index in [1.54, 1.807) is 24.3 Å². The molecule has 2 rings (SSSR count). The fourth-order valence-corrected chi connectivity index (χ4v) is 2.39. The third-order valence-corrected chi connectivity index (χ3v) is 3.54. The first-order valence-electron chi connectivity index (χ1n) is 7.81. The van der Waals surface area contributed by atoms with Gasteiger partial charge in [-0.1, -0.05) is 29.8 Å². The lowest BCUT2D eigenvalue weighted by atomic mass is 10.1. The lowest BCUT2D eigenvalue weighted by Gasteiger charge is -2.21. The second kappa shape index (κ2) is 7.66. The first-order chi connectivity index (χ1) is 11.7. The van der Waals surface area contributed by atoms with Gasteiger partial charge in [0.1, 0.15) is 5.82 Å². The van der Waals surface area contributed by atoms with Crippen LogP contribution in [0.3, 0.4) is 0 Å². The average Bonchev–Trinajstić information content (AvgIpc) is 2.49. The van der Waals surface area contributed by atoms with Gasteiger partial charge in [-0.05, 0) is 50.6 Å². The van der Waals surface area contributed by atoms with Crippen molar-refractivity contribution in [2.75, 3.05) is 5.32 Å². The van der Waals surface area contributed by atoms with Crippen molar-refractivity contribution in [1.29, 1.82) is 0 Å². The van der Waals surface area contributed by atoms with Crippen molar-refractivity contribution in [2.45, 2.75) is 32.7 Å². The number of halogens is 2. The molecule has 0 saturated carbocycles. The Morgan fingerprint density at radius 3 is 2.44 bits per heavy atom. The molecule has 2 N–H and O–H groups in total. The Bertz CT molecular complexity index is 800. The molecule has 4 nitrogen and oxygen atoms in total. The number of hydrogen-bond acceptors (Lipinski definition) is 2. The van der Waals surface area contributed by atoms with Gasteiger partial charge in [0.25, 0.3) is 5.91 Å². The molecule has 0 aliphatic heterocycles. The zero-order valence-electron chi connectivity index (χ0n) is 14.3. The van der Waals surface area contributed by atoms with Gasteiger partial charge in [0.15, 0.2) is 0 Å². The van der Waals surface area contributed by atoms with E-state index in [2.05, 4.69) is 10.6 Å². The number of rotatable bonds is 4. The SMILES string of the molecule is CC(C)(C)NC(=O)c1ccccc1NC(=O)Cc1ccc(Cl)cc1F. The van der Waals surface area contributed by atoms with E-state index >= 15 is 0 Å². The topological polar surface area (TPSA) is 58.2 Å². The zero-order valence-corrected chi connectivity index (χ0v) is 15.1. The molecule has 2 aromatic rings. The Labute approximate surface area is 151 Å². The predicted molar refractivity (Wildman–Crippen MR) is 97.4 cm³/mol. The molecule has 0 unspecified atom stereocenters. The minimum Gasteiger partial charge on any atom is -0.347 e. The summed E-state index contributed by atoms with van der Waals surface area (Å²) in [6.45, 7) is 5.61. The summed E-state index contributed by atoms with van der Waals surface area (Å²) in [5.74, 6) is -1.25. The number of para-hydroxylation sites is 1. The summed E-state index contributed by atoms with van der Waals surface area (Å²) in [5.41, 5.74) is 0.560. The van der Waals surface area contributed by atoms with Gasteiger partial charge in [0.05, 0.1) is 17.7 Å². The quantitative estimate of drug-likeness (QED) is 0.856. The second-order valence-corrected chi connectivity index (χ2v) is 7.15. The van der Waals surface area contributed by atoms with Gasteiger partial charge in [-0.2, -0.15) is 0 Å². The Kier molecular flexibility index (Phi) is 5.80. The van der Waals surface area contributed by atoms with E-state index in [0.717, 1.165) is 6.07 Å². The van der Waals surface area contributed by atoms with Crippen LogP contribution in [0.4, 0.5) is 10.1 Å². The maximum Gasteiger partial charge on any atom is 0.253 e. The second-order valence-electron chi connectivity index (χ2n) is 6.71. The molecule has 0 fully saturated rings.